The maximum atomic E-state index is 13.3. The fraction of sp³-hybridized carbons (Fsp3) is 0.407. The van der Waals surface area contributed by atoms with Crippen LogP contribution in [0.1, 0.15) is 63.9 Å². The Morgan fingerprint density at radius 3 is 2.74 bits per heavy atom. The molecule has 3 atom stereocenters. The summed E-state index contributed by atoms with van der Waals surface area (Å²) in [4.78, 5) is 1.08. The van der Waals surface area contributed by atoms with Crippen LogP contribution >= 0.6 is 11.3 Å². The third-order valence-electron chi connectivity index (χ3n) is 5.65. The Morgan fingerprint density at radius 1 is 1.39 bits per heavy atom. The molecule has 2 N–H and O–H groups in total. The van der Waals surface area contributed by atoms with Gasteiger partial charge in [-0.15, -0.1) is 21.5 Å². The van der Waals surface area contributed by atoms with Crippen LogP contribution in [0.4, 0.5) is 13.2 Å². The third kappa shape index (κ3) is 8.20. The van der Waals surface area contributed by atoms with Gasteiger partial charge in [0.05, 0.1) is 16.4 Å². The molecule has 0 radical (unpaired) electrons. The molecule has 0 saturated carbocycles. The van der Waals surface area contributed by atoms with Gasteiger partial charge in [0, 0.05) is 22.9 Å². The number of hydrogen-bond donors (Lipinski definition) is 2. The van der Waals surface area contributed by atoms with Crippen molar-refractivity contribution in [3.8, 4) is 0 Å². The molecule has 208 valence electrons. The second kappa shape index (κ2) is 15.1. The smallest absolute Gasteiger partial charge is 0.371 e. The monoisotopic (exact) mass is 568 g/mol. The first kappa shape index (κ1) is 31.6. The summed E-state index contributed by atoms with van der Waals surface area (Å²) in [6.07, 6.45) is 5.59. The van der Waals surface area contributed by atoms with Gasteiger partial charge in [-0.3, -0.25) is 14.1 Å². The molecule has 3 unspecified atom stereocenters. The van der Waals surface area contributed by atoms with Crippen LogP contribution in [0.3, 0.4) is 0 Å². The van der Waals surface area contributed by atoms with Crippen molar-refractivity contribution in [2.24, 2.45) is 0 Å². The van der Waals surface area contributed by atoms with E-state index in [0.29, 0.717) is 6.42 Å². The summed E-state index contributed by atoms with van der Waals surface area (Å²) in [5.41, 5.74) is 0.374. The lowest BCUT2D eigenvalue weighted by Gasteiger charge is -2.27. The molecule has 2 aromatic heterocycles. The number of nitrogens with zero attached hydrogens (tertiary/aromatic N) is 3. The molecule has 2 heterocycles. The maximum absolute atomic E-state index is 13.3. The van der Waals surface area contributed by atoms with Crippen LogP contribution in [0.15, 0.2) is 70.8 Å². The lowest BCUT2D eigenvalue weighted by Crippen LogP contribution is -2.37. The molecule has 0 spiro atoms. The fourth-order valence-corrected chi connectivity index (χ4v) is 5.65. The number of aliphatic hydroxyl groups excluding tert-OH is 1. The SMILES string of the molecule is C=Cn1c(C(O)NC2CC=CC(C(F)(F)F)=C2C)nnc1S(=O)CC/C(=C\C=C/CC)c1cccs1.CC. The molecule has 0 saturated heterocycles. The lowest BCUT2D eigenvalue weighted by atomic mass is 9.93. The lowest BCUT2D eigenvalue weighted by molar-refractivity contribution is -0.0896. The number of thiophene rings is 1. The van der Waals surface area contributed by atoms with Crippen molar-refractivity contribution in [1.29, 1.82) is 0 Å². The van der Waals surface area contributed by atoms with Gasteiger partial charge in [-0.25, -0.2) is 0 Å². The molecule has 0 fully saturated rings. The van der Waals surface area contributed by atoms with Crippen molar-refractivity contribution >= 4 is 33.9 Å². The van der Waals surface area contributed by atoms with E-state index in [1.807, 2.05) is 56.5 Å². The van der Waals surface area contributed by atoms with Gasteiger partial charge in [0.2, 0.25) is 5.16 Å². The highest BCUT2D eigenvalue weighted by Crippen LogP contribution is 2.34. The van der Waals surface area contributed by atoms with Crippen LogP contribution in [-0.2, 0) is 10.8 Å². The van der Waals surface area contributed by atoms with E-state index >= 15 is 0 Å². The van der Waals surface area contributed by atoms with Gasteiger partial charge < -0.3 is 5.11 Å². The molecule has 0 amide bonds. The van der Waals surface area contributed by atoms with E-state index < -0.39 is 34.8 Å². The normalized spacial score (nSPS) is 17.9. The molecule has 6 nitrogen and oxygen atoms in total. The molecule has 0 aliphatic heterocycles. The Balaban J connectivity index is 0.00000247. The van der Waals surface area contributed by atoms with Crippen LogP contribution < -0.4 is 5.32 Å². The minimum atomic E-state index is -4.49. The Morgan fingerprint density at radius 2 is 2.13 bits per heavy atom. The molecular weight excluding hydrogens is 533 g/mol. The van der Waals surface area contributed by atoms with Crippen LogP contribution in [-0.4, -0.2) is 42.1 Å². The summed E-state index contributed by atoms with van der Waals surface area (Å²) < 4.78 is 54.2. The second-order valence-electron chi connectivity index (χ2n) is 8.05. The first-order valence-electron chi connectivity index (χ1n) is 12.4. The first-order valence-corrected chi connectivity index (χ1v) is 14.6. The highest BCUT2D eigenvalue weighted by molar-refractivity contribution is 7.84. The van der Waals surface area contributed by atoms with Gasteiger partial charge in [0.25, 0.3) is 0 Å². The van der Waals surface area contributed by atoms with E-state index in [1.165, 1.54) is 23.8 Å². The number of allylic oxidation sites excluding steroid dienone is 6. The van der Waals surface area contributed by atoms with Gasteiger partial charge in [-0.1, -0.05) is 63.8 Å². The Bertz CT molecular complexity index is 1200. The summed E-state index contributed by atoms with van der Waals surface area (Å²) in [6, 6.07) is 3.22. The Kier molecular flexibility index (Phi) is 12.6. The van der Waals surface area contributed by atoms with Crippen molar-refractivity contribution in [3.63, 3.8) is 0 Å². The zero-order valence-corrected chi connectivity index (χ0v) is 23.7. The largest absolute Gasteiger partial charge is 0.416 e. The minimum absolute atomic E-state index is 0.00385. The molecule has 38 heavy (non-hydrogen) atoms. The molecule has 1 aliphatic carbocycles. The summed E-state index contributed by atoms with van der Waals surface area (Å²) in [6.45, 7) is 11.1. The van der Waals surface area contributed by atoms with Crippen molar-refractivity contribution in [2.75, 3.05) is 5.75 Å². The van der Waals surface area contributed by atoms with Crippen molar-refractivity contribution in [3.05, 3.63) is 76.3 Å². The summed E-state index contributed by atoms with van der Waals surface area (Å²) in [5.74, 6) is 0.271. The third-order valence-corrected chi connectivity index (χ3v) is 7.86. The highest BCUT2D eigenvalue weighted by Gasteiger charge is 2.37. The topological polar surface area (TPSA) is 80.0 Å². The number of alkyl halides is 3. The van der Waals surface area contributed by atoms with Crippen molar-refractivity contribution in [2.45, 2.75) is 70.6 Å². The van der Waals surface area contributed by atoms with Gasteiger partial charge >= 0.3 is 6.18 Å². The van der Waals surface area contributed by atoms with Crippen LogP contribution in [0.5, 0.6) is 0 Å². The van der Waals surface area contributed by atoms with Gasteiger partial charge in [0.1, 0.15) is 0 Å². The number of nitrogens with one attached hydrogen (secondary N) is 1. The standard InChI is InChI=1S/C25H29F3N4O2S2.C2H6/c1-4-6-7-10-18(21-13-9-15-35-21)14-16-36(34)24-31-30-22(32(24)5-2)23(33)29-20-12-8-11-19(17(20)3)25(26,27)28;1-2/h5-11,13,15,20,23,29,33H,2,4,12,14,16H2,1,3H3;1-2H3/b7-6-,18-10+;. The van der Waals surface area contributed by atoms with E-state index in [0.717, 1.165) is 22.9 Å². The van der Waals surface area contributed by atoms with Crippen LogP contribution in [0.2, 0.25) is 0 Å². The molecular formula is C27H35F3N4O2S2. The predicted octanol–water partition coefficient (Wildman–Crippen LogP) is 6.80. The first-order chi connectivity index (χ1) is 18.2. The Hall–Kier alpha value is -2.60. The number of halogens is 3. The van der Waals surface area contributed by atoms with E-state index in [-0.39, 0.29) is 28.7 Å². The molecule has 0 aromatic carbocycles. The van der Waals surface area contributed by atoms with Gasteiger partial charge in [-0.05, 0) is 48.8 Å². The van der Waals surface area contributed by atoms with Crippen LogP contribution in [0, 0.1) is 0 Å². The minimum Gasteiger partial charge on any atom is -0.371 e. The van der Waals surface area contributed by atoms with E-state index in [2.05, 4.69) is 22.1 Å². The molecule has 2 aromatic rings. The number of aromatic nitrogens is 3. The van der Waals surface area contributed by atoms with Gasteiger partial charge in [-0.2, -0.15) is 13.2 Å². The number of aliphatic hydroxyl groups is 1. The fourth-order valence-electron chi connectivity index (χ4n) is 3.76. The zero-order valence-electron chi connectivity index (χ0n) is 22.0. The van der Waals surface area contributed by atoms with E-state index in [9.17, 15) is 22.5 Å². The highest BCUT2D eigenvalue weighted by atomic mass is 32.2. The molecule has 1 aliphatic rings. The van der Waals surface area contributed by atoms with E-state index in [4.69, 9.17) is 0 Å². The number of hydrogen-bond acceptors (Lipinski definition) is 6. The summed E-state index contributed by atoms with van der Waals surface area (Å²) in [5, 5.41) is 23.5. The zero-order chi connectivity index (χ0) is 28.3. The van der Waals surface area contributed by atoms with E-state index in [1.54, 1.807) is 11.3 Å². The number of rotatable bonds is 11. The molecule has 11 heteroatoms. The summed E-state index contributed by atoms with van der Waals surface area (Å²) in [7, 11) is -1.56. The predicted molar refractivity (Wildman–Crippen MR) is 150 cm³/mol. The second-order valence-corrected chi connectivity index (χ2v) is 10.5. The van der Waals surface area contributed by atoms with Crippen LogP contribution in [0.25, 0.3) is 11.8 Å². The van der Waals surface area contributed by atoms with Crippen molar-refractivity contribution < 1.29 is 22.5 Å². The maximum Gasteiger partial charge on any atom is 0.416 e. The quantitative estimate of drug-likeness (QED) is 0.230. The Labute approximate surface area is 228 Å². The molecule has 0 bridgehead atoms. The van der Waals surface area contributed by atoms with Gasteiger partial charge in [0.15, 0.2) is 12.1 Å². The summed E-state index contributed by atoms with van der Waals surface area (Å²) >= 11 is 1.60. The molecule has 3 rings (SSSR count). The average Bonchev–Trinajstić information content (AvgIpc) is 3.58. The van der Waals surface area contributed by atoms with Crippen molar-refractivity contribution in [1.82, 2.24) is 20.1 Å². The average molecular weight is 569 g/mol.